The van der Waals surface area contributed by atoms with E-state index >= 15 is 0 Å². The minimum Gasteiger partial charge on any atom is -0.383 e. The fourth-order valence-electron chi connectivity index (χ4n) is 1.75. The smallest absolute Gasteiger partial charge is 0.0639 e. The van der Waals surface area contributed by atoms with E-state index in [0.29, 0.717) is 13.2 Å². The lowest BCUT2D eigenvalue weighted by atomic mass is 10.3. The first-order valence-electron chi connectivity index (χ1n) is 6.61. The Bertz CT molecular complexity index is 401. The van der Waals surface area contributed by atoms with Crippen molar-refractivity contribution in [3.8, 4) is 0 Å². The third-order valence-corrected chi connectivity index (χ3v) is 2.70. The zero-order valence-electron chi connectivity index (χ0n) is 11.0. The van der Waals surface area contributed by atoms with Crippen molar-refractivity contribution in [1.82, 2.24) is 0 Å². The largest absolute Gasteiger partial charge is 0.383 e. The highest BCUT2D eigenvalue weighted by Gasteiger charge is 1.92. The van der Waals surface area contributed by atoms with Crippen molar-refractivity contribution in [1.29, 1.82) is 0 Å². The summed E-state index contributed by atoms with van der Waals surface area (Å²) < 4.78 is 5.55. The van der Waals surface area contributed by atoms with Gasteiger partial charge in [-0.2, -0.15) is 0 Å². The zero-order chi connectivity index (χ0) is 13.2. The maximum Gasteiger partial charge on any atom is 0.0639 e. The maximum absolute atomic E-state index is 5.55. The average molecular weight is 256 g/mol. The summed E-state index contributed by atoms with van der Waals surface area (Å²) in [6.45, 7) is 3.08. The molecule has 0 saturated carbocycles. The van der Waals surface area contributed by atoms with Crippen LogP contribution in [0.1, 0.15) is 0 Å². The lowest BCUT2D eigenvalue weighted by Gasteiger charge is -2.08. The number of hydrogen-bond donors (Lipinski definition) is 2. The maximum atomic E-state index is 5.55. The molecule has 0 saturated heterocycles. The van der Waals surface area contributed by atoms with E-state index in [1.165, 1.54) is 0 Å². The summed E-state index contributed by atoms with van der Waals surface area (Å²) in [6.07, 6.45) is 0. The Kier molecular flexibility index (Phi) is 5.77. The van der Waals surface area contributed by atoms with Gasteiger partial charge in [-0.3, -0.25) is 0 Å². The summed E-state index contributed by atoms with van der Waals surface area (Å²) in [5.41, 5.74) is 2.27. The molecule has 0 radical (unpaired) electrons. The molecule has 2 aromatic carbocycles. The van der Waals surface area contributed by atoms with Crippen LogP contribution in [0.2, 0.25) is 0 Å². The first-order chi connectivity index (χ1) is 9.45. The van der Waals surface area contributed by atoms with E-state index in [1.807, 2.05) is 36.4 Å². The Morgan fingerprint density at radius 1 is 0.632 bits per heavy atom. The fraction of sp³-hybridized carbons (Fsp3) is 0.250. The number of anilines is 2. The second-order valence-electron chi connectivity index (χ2n) is 4.20. The van der Waals surface area contributed by atoms with Gasteiger partial charge in [-0.15, -0.1) is 0 Å². The molecular weight excluding hydrogens is 236 g/mol. The van der Waals surface area contributed by atoms with Crippen LogP contribution in [0.3, 0.4) is 0 Å². The van der Waals surface area contributed by atoms with Gasteiger partial charge in [0.05, 0.1) is 13.2 Å². The molecule has 3 nitrogen and oxygen atoms in total. The molecule has 0 amide bonds. The molecule has 0 aromatic heterocycles. The third-order valence-electron chi connectivity index (χ3n) is 2.70. The van der Waals surface area contributed by atoms with Gasteiger partial charge in [0.25, 0.3) is 0 Å². The summed E-state index contributed by atoms with van der Waals surface area (Å²) in [5, 5.41) is 6.62. The van der Waals surface area contributed by atoms with Gasteiger partial charge in [0.1, 0.15) is 0 Å². The standard InChI is InChI=1S/C16H20N2O/c1-3-7-15(8-4-1)17-11-13-19-14-12-18-16-9-5-2-6-10-16/h1-10,17-18H,11-14H2. The van der Waals surface area contributed by atoms with E-state index in [4.69, 9.17) is 4.74 Å². The summed E-state index contributed by atoms with van der Waals surface area (Å²) in [5.74, 6) is 0. The van der Waals surface area contributed by atoms with Gasteiger partial charge in [0.2, 0.25) is 0 Å². The van der Waals surface area contributed by atoms with Crippen LogP contribution in [0.4, 0.5) is 11.4 Å². The van der Waals surface area contributed by atoms with Crippen LogP contribution in [0.5, 0.6) is 0 Å². The van der Waals surface area contributed by atoms with Crippen LogP contribution in [-0.2, 0) is 4.74 Å². The van der Waals surface area contributed by atoms with E-state index in [1.54, 1.807) is 0 Å². The minimum absolute atomic E-state index is 0.714. The first kappa shape index (κ1) is 13.4. The van der Waals surface area contributed by atoms with Crippen molar-refractivity contribution in [3.63, 3.8) is 0 Å². The summed E-state index contributed by atoms with van der Waals surface area (Å²) in [7, 11) is 0. The molecule has 2 rings (SSSR count). The van der Waals surface area contributed by atoms with Gasteiger partial charge in [0.15, 0.2) is 0 Å². The molecular formula is C16H20N2O. The van der Waals surface area contributed by atoms with Gasteiger partial charge in [-0.1, -0.05) is 36.4 Å². The van der Waals surface area contributed by atoms with Crippen LogP contribution in [0, 0.1) is 0 Å². The molecule has 0 heterocycles. The number of rotatable bonds is 8. The third kappa shape index (κ3) is 5.44. The molecule has 0 spiro atoms. The quantitative estimate of drug-likeness (QED) is 0.711. The molecule has 3 heteroatoms. The summed E-state index contributed by atoms with van der Waals surface area (Å²) in [4.78, 5) is 0. The van der Waals surface area contributed by atoms with Gasteiger partial charge in [0, 0.05) is 24.5 Å². The van der Waals surface area contributed by atoms with E-state index in [-0.39, 0.29) is 0 Å². The topological polar surface area (TPSA) is 33.3 Å². The van der Waals surface area contributed by atoms with Gasteiger partial charge in [-0.25, -0.2) is 0 Å². The van der Waals surface area contributed by atoms with Crippen molar-refractivity contribution in [3.05, 3.63) is 60.7 Å². The van der Waals surface area contributed by atoms with Crippen LogP contribution in [-0.4, -0.2) is 26.3 Å². The van der Waals surface area contributed by atoms with E-state index in [9.17, 15) is 0 Å². The van der Waals surface area contributed by atoms with Crippen molar-refractivity contribution >= 4 is 11.4 Å². The molecule has 0 aliphatic rings. The molecule has 0 aliphatic heterocycles. The van der Waals surface area contributed by atoms with Gasteiger partial charge in [-0.05, 0) is 24.3 Å². The molecule has 100 valence electrons. The van der Waals surface area contributed by atoms with Crippen molar-refractivity contribution < 1.29 is 4.74 Å². The molecule has 2 N–H and O–H groups in total. The SMILES string of the molecule is c1ccc(NCCOCCNc2ccccc2)cc1. The minimum atomic E-state index is 0.714. The number of nitrogens with one attached hydrogen (secondary N) is 2. The molecule has 0 aliphatic carbocycles. The molecule has 0 unspecified atom stereocenters. The van der Waals surface area contributed by atoms with Gasteiger partial charge < -0.3 is 15.4 Å². The number of benzene rings is 2. The lowest BCUT2D eigenvalue weighted by Crippen LogP contribution is -2.14. The molecule has 0 atom stereocenters. The predicted molar refractivity (Wildman–Crippen MR) is 80.7 cm³/mol. The normalized spacial score (nSPS) is 10.1. The Labute approximate surface area is 114 Å². The fourth-order valence-corrected chi connectivity index (χ4v) is 1.75. The van der Waals surface area contributed by atoms with Crippen molar-refractivity contribution in [2.24, 2.45) is 0 Å². The Hall–Kier alpha value is -2.00. The number of para-hydroxylation sites is 2. The van der Waals surface area contributed by atoms with E-state index in [0.717, 1.165) is 24.5 Å². The molecule has 19 heavy (non-hydrogen) atoms. The Morgan fingerprint density at radius 3 is 1.47 bits per heavy atom. The average Bonchev–Trinajstić information content (AvgIpc) is 2.48. The highest BCUT2D eigenvalue weighted by molar-refractivity contribution is 5.42. The second kappa shape index (κ2) is 8.16. The monoisotopic (exact) mass is 256 g/mol. The van der Waals surface area contributed by atoms with E-state index < -0.39 is 0 Å². The number of ether oxygens (including phenoxy) is 1. The van der Waals surface area contributed by atoms with Crippen molar-refractivity contribution in [2.45, 2.75) is 0 Å². The van der Waals surface area contributed by atoms with E-state index in [2.05, 4.69) is 34.9 Å². The summed E-state index contributed by atoms with van der Waals surface area (Å²) >= 11 is 0. The molecule has 0 fully saturated rings. The number of hydrogen-bond acceptors (Lipinski definition) is 3. The first-order valence-corrected chi connectivity index (χ1v) is 6.61. The molecule has 2 aromatic rings. The predicted octanol–water partition coefficient (Wildman–Crippen LogP) is 3.23. The van der Waals surface area contributed by atoms with Crippen LogP contribution >= 0.6 is 0 Å². The zero-order valence-corrected chi connectivity index (χ0v) is 11.0. The second-order valence-corrected chi connectivity index (χ2v) is 4.20. The Morgan fingerprint density at radius 2 is 1.05 bits per heavy atom. The van der Waals surface area contributed by atoms with Crippen LogP contribution in [0.15, 0.2) is 60.7 Å². The lowest BCUT2D eigenvalue weighted by molar-refractivity contribution is 0.154. The van der Waals surface area contributed by atoms with Crippen LogP contribution in [0.25, 0.3) is 0 Å². The highest BCUT2D eigenvalue weighted by Crippen LogP contribution is 2.04. The summed E-state index contributed by atoms with van der Waals surface area (Å²) in [6, 6.07) is 20.3. The van der Waals surface area contributed by atoms with Gasteiger partial charge >= 0.3 is 0 Å². The van der Waals surface area contributed by atoms with Crippen molar-refractivity contribution in [2.75, 3.05) is 36.9 Å². The van der Waals surface area contributed by atoms with Crippen LogP contribution < -0.4 is 10.6 Å². The molecule has 0 bridgehead atoms. The highest BCUT2D eigenvalue weighted by atomic mass is 16.5. The Balaban J connectivity index is 1.49.